The van der Waals surface area contributed by atoms with Crippen LogP contribution in [-0.2, 0) is 13.0 Å². The molecule has 138 valence electrons. The van der Waals surface area contributed by atoms with Crippen molar-refractivity contribution < 1.29 is 9.90 Å². The van der Waals surface area contributed by atoms with E-state index < -0.39 is 6.10 Å². The molecule has 3 rings (SSSR count). The van der Waals surface area contributed by atoms with Crippen LogP contribution < -0.4 is 10.6 Å². The third kappa shape index (κ3) is 4.84. The summed E-state index contributed by atoms with van der Waals surface area (Å²) in [6, 6.07) is 14.0. The van der Waals surface area contributed by atoms with Gasteiger partial charge in [0.1, 0.15) is 0 Å². The highest BCUT2D eigenvalue weighted by molar-refractivity contribution is 5.90. The smallest absolute Gasteiger partial charge is 0.319 e. The number of aliphatic hydroxyl groups excluding tert-OH is 1. The molecule has 0 aromatic heterocycles. The molecule has 1 aliphatic rings. The van der Waals surface area contributed by atoms with Crippen LogP contribution in [0.4, 0.5) is 10.5 Å². The highest BCUT2D eigenvalue weighted by Crippen LogP contribution is 2.18. The molecule has 5 nitrogen and oxygen atoms in total. The Bertz CT molecular complexity index is 776. The second kappa shape index (κ2) is 8.34. The first-order valence-electron chi connectivity index (χ1n) is 9.10. The van der Waals surface area contributed by atoms with Crippen molar-refractivity contribution in [2.24, 2.45) is 0 Å². The average molecular weight is 353 g/mol. The largest absolute Gasteiger partial charge is 0.390 e. The normalized spacial score (nSPS) is 15.2. The van der Waals surface area contributed by atoms with Crippen LogP contribution >= 0.6 is 0 Å². The number of carbonyl (C=O) groups excluding carboxylic acids is 1. The summed E-state index contributed by atoms with van der Waals surface area (Å²) < 4.78 is 0. The fourth-order valence-electron chi connectivity index (χ4n) is 3.40. The Hall–Kier alpha value is -2.37. The number of carbonyl (C=O) groups is 1. The number of amides is 2. The van der Waals surface area contributed by atoms with Crippen LogP contribution in [0.1, 0.15) is 22.3 Å². The summed E-state index contributed by atoms with van der Waals surface area (Å²) >= 11 is 0. The molecule has 2 aromatic rings. The van der Waals surface area contributed by atoms with Gasteiger partial charge in [0.25, 0.3) is 0 Å². The molecular weight excluding hydrogens is 326 g/mol. The number of nitrogens with zero attached hydrogens (tertiary/aromatic N) is 1. The summed E-state index contributed by atoms with van der Waals surface area (Å²) in [6.45, 7) is 6.55. The maximum Gasteiger partial charge on any atom is 0.319 e. The second-order valence-electron chi connectivity index (χ2n) is 7.06. The van der Waals surface area contributed by atoms with E-state index in [4.69, 9.17) is 0 Å². The van der Waals surface area contributed by atoms with E-state index >= 15 is 0 Å². The van der Waals surface area contributed by atoms with E-state index in [9.17, 15) is 9.90 Å². The van der Waals surface area contributed by atoms with Gasteiger partial charge >= 0.3 is 6.03 Å². The van der Waals surface area contributed by atoms with E-state index in [0.717, 1.165) is 36.3 Å². The molecule has 1 unspecified atom stereocenters. The van der Waals surface area contributed by atoms with Gasteiger partial charge in [0.15, 0.2) is 0 Å². The van der Waals surface area contributed by atoms with E-state index in [1.165, 1.54) is 11.1 Å². The number of hydrogen-bond donors (Lipinski definition) is 3. The van der Waals surface area contributed by atoms with Crippen molar-refractivity contribution in [2.75, 3.05) is 25.0 Å². The summed E-state index contributed by atoms with van der Waals surface area (Å²) in [5.41, 5.74) is 5.69. The quantitative estimate of drug-likeness (QED) is 0.774. The van der Waals surface area contributed by atoms with E-state index in [2.05, 4.69) is 39.8 Å². The van der Waals surface area contributed by atoms with Crippen LogP contribution in [0.2, 0.25) is 0 Å². The second-order valence-corrected chi connectivity index (χ2v) is 7.06. The van der Waals surface area contributed by atoms with Gasteiger partial charge in [-0.2, -0.15) is 0 Å². The zero-order valence-electron chi connectivity index (χ0n) is 15.5. The third-order valence-electron chi connectivity index (χ3n) is 4.81. The third-order valence-corrected chi connectivity index (χ3v) is 4.81. The van der Waals surface area contributed by atoms with Crippen molar-refractivity contribution in [2.45, 2.75) is 32.9 Å². The number of urea groups is 1. The SMILES string of the molecule is Cc1ccc(NC(=O)NCC(O)CN2CCc3ccccc3C2)c(C)c1. The molecule has 0 spiro atoms. The summed E-state index contributed by atoms with van der Waals surface area (Å²) in [4.78, 5) is 14.3. The molecule has 2 aromatic carbocycles. The number of rotatable bonds is 5. The average Bonchev–Trinajstić information content (AvgIpc) is 2.62. The Labute approximate surface area is 155 Å². The zero-order valence-corrected chi connectivity index (χ0v) is 15.5. The van der Waals surface area contributed by atoms with E-state index in [1.54, 1.807) is 0 Å². The Balaban J connectivity index is 1.44. The lowest BCUT2D eigenvalue weighted by atomic mass is 10.00. The van der Waals surface area contributed by atoms with Gasteiger partial charge in [-0.25, -0.2) is 4.79 Å². The maximum atomic E-state index is 12.1. The molecule has 0 saturated heterocycles. The molecular formula is C21H27N3O2. The fraction of sp³-hybridized carbons (Fsp3) is 0.381. The number of benzene rings is 2. The highest BCUT2D eigenvalue weighted by atomic mass is 16.3. The van der Waals surface area contributed by atoms with Gasteiger partial charge < -0.3 is 15.7 Å². The number of fused-ring (bicyclic) bond motifs is 1. The summed E-state index contributed by atoms with van der Waals surface area (Å²) in [6.07, 6.45) is 0.411. The fourth-order valence-corrected chi connectivity index (χ4v) is 3.40. The summed E-state index contributed by atoms with van der Waals surface area (Å²) in [5.74, 6) is 0. The zero-order chi connectivity index (χ0) is 18.5. The number of β-amino-alcohol motifs (C(OH)–C–C–N with tert-alkyl or cyclic N) is 1. The predicted octanol–water partition coefficient (Wildman–Crippen LogP) is 2.84. The summed E-state index contributed by atoms with van der Waals surface area (Å²) in [5, 5.41) is 15.9. The number of aliphatic hydroxyl groups is 1. The minimum Gasteiger partial charge on any atom is -0.390 e. The van der Waals surface area contributed by atoms with Gasteiger partial charge in [-0.15, -0.1) is 0 Å². The van der Waals surface area contributed by atoms with Crippen LogP contribution in [0.3, 0.4) is 0 Å². The molecule has 0 aliphatic carbocycles. The van der Waals surface area contributed by atoms with Crippen molar-refractivity contribution in [3.63, 3.8) is 0 Å². The van der Waals surface area contributed by atoms with Crippen LogP contribution in [0.5, 0.6) is 0 Å². The van der Waals surface area contributed by atoms with E-state index in [1.807, 2.05) is 32.0 Å². The Morgan fingerprint density at radius 2 is 1.96 bits per heavy atom. The first-order chi connectivity index (χ1) is 12.5. The van der Waals surface area contributed by atoms with Gasteiger partial charge in [0, 0.05) is 31.9 Å². The lowest BCUT2D eigenvalue weighted by molar-refractivity contribution is 0.106. The molecule has 2 amide bonds. The van der Waals surface area contributed by atoms with Gasteiger partial charge in [0.2, 0.25) is 0 Å². The van der Waals surface area contributed by atoms with Gasteiger partial charge in [-0.05, 0) is 43.0 Å². The molecule has 0 radical (unpaired) electrons. The van der Waals surface area contributed by atoms with Crippen LogP contribution in [0.15, 0.2) is 42.5 Å². The molecule has 0 fully saturated rings. The highest BCUT2D eigenvalue weighted by Gasteiger charge is 2.18. The number of nitrogens with one attached hydrogen (secondary N) is 2. The van der Waals surface area contributed by atoms with Crippen LogP contribution in [0, 0.1) is 13.8 Å². The van der Waals surface area contributed by atoms with Crippen LogP contribution in [-0.4, -0.2) is 41.8 Å². The lowest BCUT2D eigenvalue weighted by Gasteiger charge is -2.30. The van der Waals surface area contributed by atoms with E-state index in [-0.39, 0.29) is 12.6 Å². The lowest BCUT2D eigenvalue weighted by Crippen LogP contribution is -2.43. The van der Waals surface area contributed by atoms with Gasteiger partial charge in [-0.1, -0.05) is 42.0 Å². The number of anilines is 1. The van der Waals surface area contributed by atoms with Crippen molar-refractivity contribution in [3.05, 3.63) is 64.7 Å². The van der Waals surface area contributed by atoms with Crippen molar-refractivity contribution >= 4 is 11.7 Å². The molecule has 5 heteroatoms. The molecule has 3 N–H and O–H groups in total. The maximum absolute atomic E-state index is 12.1. The molecule has 1 aliphatic heterocycles. The van der Waals surface area contributed by atoms with Gasteiger partial charge in [0.05, 0.1) is 6.10 Å². The number of aryl methyl sites for hydroxylation is 2. The summed E-state index contributed by atoms with van der Waals surface area (Å²) in [7, 11) is 0. The number of hydrogen-bond acceptors (Lipinski definition) is 3. The van der Waals surface area contributed by atoms with Gasteiger partial charge in [-0.3, -0.25) is 4.90 Å². The molecule has 0 saturated carbocycles. The Morgan fingerprint density at radius 3 is 2.73 bits per heavy atom. The minimum atomic E-state index is -0.592. The molecule has 0 bridgehead atoms. The van der Waals surface area contributed by atoms with Crippen LogP contribution in [0.25, 0.3) is 0 Å². The minimum absolute atomic E-state index is 0.231. The predicted molar refractivity (Wildman–Crippen MR) is 104 cm³/mol. The molecule has 1 atom stereocenters. The topological polar surface area (TPSA) is 64.6 Å². The first-order valence-corrected chi connectivity index (χ1v) is 9.10. The van der Waals surface area contributed by atoms with E-state index in [0.29, 0.717) is 6.54 Å². The van der Waals surface area contributed by atoms with Crippen molar-refractivity contribution in [3.8, 4) is 0 Å². The van der Waals surface area contributed by atoms with Crippen molar-refractivity contribution in [1.82, 2.24) is 10.2 Å². The standard InChI is InChI=1S/C21H27N3O2/c1-15-7-8-20(16(2)11-15)23-21(26)22-12-19(25)14-24-10-9-17-5-3-4-6-18(17)13-24/h3-8,11,19,25H,9-10,12-14H2,1-2H3,(H2,22,23,26). The molecule has 1 heterocycles. The first kappa shape index (κ1) is 18.4. The Morgan fingerprint density at radius 1 is 1.19 bits per heavy atom. The van der Waals surface area contributed by atoms with Crippen molar-refractivity contribution in [1.29, 1.82) is 0 Å². The molecule has 26 heavy (non-hydrogen) atoms. The Kier molecular flexibility index (Phi) is 5.91. The monoisotopic (exact) mass is 353 g/mol.